The first-order chi connectivity index (χ1) is 13.1. The molecular formula is C19H27F3N2O4. The van der Waals surface area contributed by atoms with Gasteiger partial charge in [-0.15, -0.1) is 0 Å². The van der Waals surface area contributed by atoms with E-state index >= 15 is 0 Å². The van der Waals surface area contributed by atoms with E-state index in [1.807, 2.05) is 6.92 Å². The van der Waals surface area contributed by atoms with E-state index in [0.717, 1.165) is 17.3 Å². The van der Waals surface area contributed by atoms with Crippen molar-refractivity contribution in [3.05, 3.63) is 17.5 Å². The second-order valence-corrected chi connectivity index (χ2v) is 7.35. The molecule has 158 valence electrons. The van der Waals surface area contributed by atoms with Gasteiger partial charge in [0.1, 0.15) is 5.56 Å². The van der Waals surface area contributed by atoms with Crippen LogP contribution in [0.25, 0.3) is 0 Å². The molecule has 1 aromatic rings. The zero-order chi connectivity index (χ0) is 20.9. The largest absolute Gasteiger partial charge is 0.466 e. The summed E-state index contributed by atoms with van der Waals surface area (Å²) in [7, 11) is 0. The van der Waals surface area contributed by atoms with Gasteiger partial charge in [-0.3, -0.25) is 9.48 Å². The average molecular weight is 404 g/mol. The Balaban J connectivity index is 2.20. The Morgan fingerprint density at radius 2 is 1.89 bits per heavy atom. The van der Waals surface area contributed by atoms with Crippen molar-refractivity contribution in [2.24, 2.45) is 5.41 Å². The lowest BCUT2D eigenvalue weighted by atomic mass is 9.74. The lowest BCUT2D eigenvalue weighted by Gasteiger charge is -2.35. The smallest absolute Gasteiger partial charge is 0.433 e. The van der Waals surface area contributed by atoms with Crippen LogP contribution >= 0.6 is 0 Å². The van der Waals surface area contributed by atoms with Crippen LogP contribution in [0.4, 0.5) is 13.2 Å². The van der Waals surface area contributed by atoms with Gasteiger partial charge in [-0.2, -0.15) is 18.3 Å². The molecule has 0 bridgehead atoms. The number of carbonyl (C=O) groups excluding carboxylic acids is 2. The highest BCUT2D eigenvalue weighted by atomic mass is 19.4. The molecule has 0 aliphatic heterocycles. The summed E-state index contributed by atoms with van der Waals surface area (Å²) in [6.07, 6.45) is -1.01. The van der Waals surface area contributed by atoms with Crippen LogP contribution < -0.4 is 0 Å². The van der Waals surface area contributed by atoms with Crippen molar-refractivity contribution in [3.63, 3.8) is 0 Å². The second kappa shape index (κ2) is 8.96. The average Bonchev–Trinajstić information content (AvgIpc) is 3.08. The Hall–Kier alpha value is -2.06. The predicted octanol–water partition coefficient (Wildman–Crippen LogP) is 4.54. The minimum atomic E-state index is -4.74. The van der Waals surface area contributed by atoms with Crippen molar-refractivity contribution in [1.29, 1.82) is 0 Å². The van der Waals surface area contributed by atoms with Crippen molar-refractivity contribution in [1.82, 2.24) is 9.78 Å². The number of unbranched alkanes of at least 4 members (excludes halogenated alkanes) is 1. The molecule has 0 radical (unpaired) electrons. The van der Waals surface area contributed by atoms with Gasteiger partial charge in [-0.1, -0.05) is 13.3 Å². The Bertz CT molecular complexity index is 692. The number of ether oxygens (including phenoxy) is 2. The predicted molar refractivity (Wildman–Crippen MR) is 94.7 cm³/mol. The summed E-state index contributed by atoms with van der Waals surface area (Å²) in [6, 6.07) is -0.545. The number of hydrogen-bond donors (Lipinski definition) is 0. The summed E-state index contributed by atoms with van der Waals surface area (Å²) in [4.78, 5) is 24.2. The summed E-state index contributed by atoms with van der Waals surface area (Å²) in [5.41, 5.74) is -2.36. The van der Waals surface area contributed by atoms with E-state index in [4.69, 9.17) is 9.47 Å². The number of carbonyl (C=O) groups is 2. The van der Waals surface area contributed by atoms with Crippen molar-refractivity contribution in [2.75, 3.05) is 13.2 Å². The van der Waals surface area contributed by atoms with Gasteiger partial charge in [0.15, 0.2) is 5.69 Å². The van der Waals surface area contributed by atoms with E-state index in [9.17, 15) is 22.8 Å². The molecule has 9 heteroatoms. The van der Waals surface area contributed by atoms with Crippen molar-refractivity contribution in [3.8, 4) is 0 Å². The molecule has 6 nitrogen and oxygen atoms in total. The maximum absolute atomic E-state index is 13.7. The fourth-order valence-corrected chi connectivity index (χ4v) is 3.45. The highest BCUT2D eigenvalue weighted by molar-refractivity contribution is 5.90. The standard InChI is InChI=1S/C19H27F3N2O4/c1-4-6-11-28-16(25)14-12-23-24(15(14)19(20,21)22)13-7-9-18(3,10-8-13)17(26)27-5-2/h12-13H,4-11H2,1-3H3. The first-order valence-corrected chi connectivity index (χ1v) is 9.63. The second-order valence-electron chi connectivity index (χ2n) is 7.35. The Labute approximate surface area is 162 Å². The summed E-state index contributed by atoms with van der Waals surface area (Å²) < 4.78 is 52.0. The number of rotatable bonds is 7. The fraction of sp³-hybridized carbons (Fsp3) is 0.737. The minimum absolute atomic E-state index is 0.0686. The van der Waals surface area contributed by atoms with Gasteiger partial charge in [0.25, 0.3) is 0 Å². The maximum Gasteiger partial charge on any atom is 0.433 e. The summed E-state index contributed by atoms with van der Waals surface area (Å²) in [5, 5.41) is 3.86. The molecule has 2 rings (SSSR count). The molecular weight excluding hydrogens is 377 g/mol. The van der Waals surface area contributed by atoms with Crippen molar-refractivity contribution < 1.29 is 32.2 Å². The first kappa shape index (κ1) is 22.2. The molecule has 0 N–H and O–H groups in total. The number of aromatic nitrogens is 2. The van der Waals surface area contributed by atoms with Crippen LogP contribution in [-0.2, 0) is 20.4 Å². The third-order valence-electron chi connectivity index (χ3n) is 5.19. The minimum Gasteiger partial charge on any atom is -0.466 e. The molecule has 0 atom stereocenters. The third-order valence-corrected chi connectivity index (χ3v) is 5.19. The van der Waals surface area contributed by atoms with E-state index < -0.39 is 34.9 Å². The number of alkyl halides is 3. The van der Waals surface area contributed by atoms with Crippen molar-refractivity contribution >= 4 is 11.9 Å². The normalized spacial score (nSPS) is 22.7. The van der Waals surface area contributed by atoms with E-state index in [1.54, 1.807) is 13.8 Å². The molecule has 0 saturated heterocycles. The molecule has 1 fully saturated rings. The molecule has 1 saturated carbocycles. The number of halogens is 3. The molecule has 1 aliphatic carbocycles. The number of nitrogens with zero attached hydrogens (tertiary/aromatic N) is 2. The lowest BCUT2D eigenvalue weighted by molar-refractivity contribution is -0.157. The third kappa shape index (κ3) is 4.86. The van der Waals surface area contributed by atoms with E-state index in [0.29, 0.717) is 32.1 Å². The quantitative estimate of drug-likeness (QED) is 0.493. The van der Waals surface area contributed by atoms with Gasteiger partial charge in [0, 0.05) is 0 Å². The van der Waals surface area contributed by atoms with E-state index in [-0.39, 0.29) is 19.2 Å². The van der Waals surface area contributed by atoms with Gasteiger partial charge in [0.2, 0.25) is 0 Å². The van der Waals surface area contributed by atoms with Crippen molar-refractivity contribution in [2.45, 2.75) is 71.5 Å². The van der Waals surface area contributed by atoms with E-state index in [1.165, 1.54) is 0 Å². The molecule has 0 unspecified atom stereocenters. The SMILES string of the molecule is CCCCOC(=O)c1cnn(C2CCC(C)(C(=O)OCC)CC2)c1C(F)(F)F. The van der Waals surface area contributed by atoms with Gasteiger partial charge in [-0.05, 0) is 46.0 Å². The summed E-state index contributed by atoms with van der Waals surface area (Å²) in [5.74, 6) is -1.34. The van der Waals surface area contributed by atoms with Gasteiger partial charge >= 0.3 is 18.1 Å². The molecule has 0 spiro atoms. The maximum atomic E-state index is 13.7. The first-order valence-electron chi connectivity index (χ1n) is 9.63. The van der Waals surface area contributed by atoms with Gasteiger partial charge in [0.05, 0.1) is 30.9 Å². The Morgan fingerprint density at radius 3 is 2.43 bits per heavy atom. The highest BCUT2D eigenvalue weighted by Crippen LogP contribution is 2.44. The zero-order valence-electron chi connectivity index (χ0n) is 16.5. The van der Waals surface area contributed by atoms with Gasteiger partial charge < -0.3 is 9.47 Å². The molecule has 0 amide bonds. The fourth-order valence-electron chi connectivity index (χ4n) is 3.45. The Morgan fingerprint density at radius 1 is 1.25 bits per heavy atom. The van der Waals surface area contributed by atoms with Crippen LogP contribution in [0.15, 0.2) is 6.20 Å². The van der Waals surface area contributed by atoms with Crippen LogP contribution in [0.2, 0.25) is 0 Å². The lowest BCUT2D eigenvalue weighted by Crippen LogP contribution is -2.36. The molecule has 0 aromatic carbocycles. The monoisotopic (exact) mass is 404 g/mol. The van der Waals surface area contributed by atoms with Gasteiger partial charge in [-0.25, -0.2) is 4.79 Å². The van der Waals surface area contributed by atoms with Crippen LogP contribution in [0.3, 0.4) is 0 Å². The topological polar surface area (TPSA) is 70.4 Å². The number of hydrogen-bond acceptors (Lipinski definition) is 5. The molecule has 1 aromatic heterocycles. The van der Waals surface area contributed by atoms with Crippen LogP contribution in [0.1, 0.15) is 81.4 Å². The van der Waals surface area contributed by atoms with Crippen LogP contribution in [0, 0.1) is 5.41 Å². The molecule has 1 aliphatic rings. The number of esters is 2. The summed E-state index contributed by atoms with van der Waals surface area (Å²) >= 11 is 0. The Kier molecular flexibility index (Phi) is 7.11. The van der Waals surface area contributed by atoms with Crippen LogP contribution in [0.5, 0.6) is 0 Å². The van der Waals surface area contributed by atoms with Crippen LogP contribution in [-0.4, -0.2) is 34.9 Å². The highest BCUT2D eigenvalue weighted by Gasteiger charge is 2.45. The zero-order valence-corrected chi connectivity index (χ0v) is 16.5. The van der Waals surface area contributed by atoms with E-state index in [2.05, 4.69) is 5.10 Å². The molecule has 28 heavy (non-hydrogen) atoms. The summed E-state index contributed by atoms with van der Waals surface area (Å²) in [6.45, 7) is 5.71. The molecule has 1 heterocycles.